The summed E-state index contributed by atoms with van der Waals surface area (Å²) < 4.78 is 14.5. The Morgan fingerprint density at radius 3 is 0.800 bits per heavy atom. The second kappa shape index (κ2) is 12.7. The Hall–Kier alpha value is -1.02. The fraction of sp³-hybridized carbons (Fsp3) is 0.517. The Balaban J connectivity index is 0.000000234. The molecular formula is C29H55N5Si5Ti. The van der Waals surface area contributed by atoms with Crippen molar-refractivity contribution in [2.45, 2.75) is 98.2 Å². The van der Waals surface area contributed by atoms with Crippen molar-refractivity contribution in [3.05, 3.63) is 60.7 Å². The third-order valence-corrected chi connectivity index (χ3v) is 17.0. The summed E-state index contributed by atoms with van der Waals surface area (Å²) in [6.45, 7) is 35.6. The standard InChI is InChI=1S/2C13H23N2Si2.C3H9NSi.Ti/c2*1-16(2,3)14-13(15(14)17(4,5)6)12-10-8-7-9-11-12;1-5(2,3)4;/h2*7-11H,1-6H3;1-3H3;/q2*-1;;+2. The summed E-state index contributed by atoms with van der Waals surface area (Å²) in [6.07, 6.45) is 0. The molecule has 0 aliphatic heterocycles. The van der Waals surface area contributed by atoms with E-state index in [1.165, 1.54) is 22.8 Å². The fourth-order valence-corrected chi connectivity index (χ4v) is 14.3. The van der Waals surface area contributed by atoms with Crippen molar-refractivity contribution in [2.75, 3.05) is 0 Å². The van der Waals surface area contributed by atoms with Crippen LogP contribution in [0.5, 0.6) is 0 Å². The minimum Gasteiger partial charge on any atom is -0.366 e. The molecule has 220 valence electrons. The largest absolute Gasteiger partial charge is 0.366 e. The molecular weight excluding hydrogens is 607 g/mol. The second-order valence-electron chi connectivity index (χ2n) is 15.6. The zero-order valence-electron chi connectivity index (χ0n) is 28.0. The summed E-state index contributed by atoms with van der Waals surface area (Å²) in [5, 5.41) is 0. The molecule has 4 aromatic rings. The minimum absolute atomic E-state index is 1.01. The van der Waals surface area contributed by atoms with Gasteiger partial charge in [-0.1, -0.05) is 90.7 Å². The summed E-state index contributed by atoms with van der Waals surface area (Å²) in [5.74, 6) is 2.92. The van der Waals surface area contributed by atoms with Gasteiger partial charge in [0.05, 0.1) is 0 Å². The number of hydrogen-bond acceptors (Lipinski definition) is 1. The van der Waals surface area contributed by atoms with E-state index in [4.69, 9.17) is 0 Å². The molecule has 2 aromatic heterocycles. The molecule has 0 spiro atoms. The molecule has 0 fully saturated rings. The predicted octanol–water partition coefficient (Wildman–Crippen LogP) is 9.63. The molecule has 0 aliphatic rings. The van der Waals surface area contributed by atoms with Crippen LogP contribution in [0.1, 0.15) is 0 Å². The Labute approximate surface area is 262 Å². The zero-order chi connectivity index (χ0) is 30.9. The van der Waals surface area contributed by atoms with Crippen molar-refractivity contribution in [3.63, 3.8) is 0 Å². The fourth-order valence-electron chi connectivity index (χ4n) is 4.42. The molecule has 4 rings (SSSR count). The van der Waals surface area contributed by atoms with Crippen LogP contribution in [0.15, 0.2) is 63.7 Å². The van der Waals surface area contributed by atoms with Gasteiger partial charge in [-0.15, -0.1) is 35.4 Å². The van der Waals surface area contributed by atoms with Gasteiger partial charge in [0, 0.05) is 11.6 Å². The third kappa shape index (κ3) is 9.77. The molecule has 0 amide bonds. The van der Waals surface area contributed by atoms with Crippen LogP contribution in [0, 0.1) is 0 Å². The van der Waals surface area contributed by atoms with Crippen LogP contribution in [-0.2, 0) is 20.3 Å². The number of benzene rings is 2. The molecule has 0 bridgehead atoms. The van der Waals surface area contributed by atoms with Gasteiger partial charge in [0.2, 0.25) is 0 Å². The van der Waals surface area contributed by atoms with Crippen molar-refractivity contribution in [3.8, 4) is 22.8 Å². The third-order valence-electron chi connectivity index (χ3n) is 6.06. The molecule has 2 heterocycles. The zero-order valence-corrected chi connectivity index (χ0v) is 34.6. The maximum Gasteiger partial charge on any atom is 0.156 e. The topological polar surface area (TPSA) is 32.1 Å². The first kappa shape index (κ1) is 35.2. The van der Waals surface area contributed by atoms with Crippen LogP contribution in [-0.4, -0.2) is 58.6 Å². The summed E-state index contributed by atoms with van der Waals surface area (Å²) >= 11 is 1.90. The van der Waals surface area contributed by atoms with Gasteiger partial charge in [-0.2, -0.15) is 24.3 Å². The molecule has 0 saturated heterocycles. The number of nitrogens with zero attached hydrogens (tertiary/aromatic N) is 5. The van der Waals surface area contributed by atoms with E-state index in [1.807, 2.05) is 20.3 Å². The minimum atomic E-state index is -1.29. The van der Waals surface area contributed by atoms with Gasteiger partial charge < -0.3 is 17.4 Å². The molecule has 40 heavy (non-hydrogen) atoms. The van der Waals surface area contributed by atoms with Crippen molar-refractivity contribution < 1.29 is 20.3 Å². The van der Waals surface area contributed by atoms with Crippen LogP contribution in [0.25, 0.3) is 22.8 Å². The molecule has 0 saturated carbocycles. The van der Waals surface area contributed by atoms with E-state index in [2.05, 4.69) is 179 Å². The second-order valence-corrected chi connectivity index (χ2v) is 40.3. The quantitative estimate of drug-likeness (QED) is 0.140. The molecule has 0 unspecified atom stereocenters. The average Bonchev–Trinajstić information content (AvgIpc) is 3.70. The van der Waals surface area contributed by atoms with Gasteiger partial charge in [-0.05, 0) is 0 Å². The van der Waals surface area contributed by atoms with Crippen LogP contribution < -0.4 is 0 Å². The first-order valence-corrected chi connectivity index (χ1v) is 32.4. The van der Waals surface area contributed by atoms with Gasteiger partial charge in [0.15, 0.2) is 32.9 Å². The molecule has 0 N–H and O–H groups in total. The van der Waals surface area contributed by atoms with E-state index in [0.29, 0.717) is 0 Å². The van der Waals surface area contributed by atoms with E-state index in [0.717, 1.165) is 0 Å². The van der Waals surface area contributed by atoms with Gasteiger partial charge in [-0.25, -0.2) is 0 Å². The Morgan fingerprint density at radius 2 is 0.650 bits per heavy atom. The van der Waals surface area contributed by atoms with Gasteiger partial charge >= 0.3 is 51.2 Å². The Bertz CT molecular complexity index is 1170. The maximum atomic E-state index is 4.16. The average molecular weight is 662 g/mol. The molecule has 5 nitrogen and oxygen atoms in total. The normalized spacial score (nSPS) is 13.0. The van der Waals surface area contributed by atoms with Crippen molar-refractivity contribution in [1.82, 2.24) is 17.4 Å². The van der Waals surface area contributed by atoms with E-state index in [9.17, 15) is 0 Å². The number of rotatable bonds is 7. The summed E-state index contributed by atoms with van der Waals surface area (Å²) in [7, 11) is -6.15. The molecule has 0 radical (unpaired) electrons. The van der Waals surface area contributed by atoms with E-state index in [1.54, 1.807) is 0 Å². The molecule has 11 heteroatoms. The maximum absolute atomic E-state index is 4.16. The first-order chi connectivity index (χ1) is 18.0. The van der Waals surface area contributed by atoms with Crippen molar-refractivity contribution >= 4 is 41.2 Å². The molecule has 2 aromatic carbocycles. The van der Waals surface area contributed by atoms with E-state index >= 15 is 0 Å². The summed E-state index contributed by atoms with van der Waals surface area (Å²) in [5.41, 5.74) is 2.75. The first-order valence-electron chi connectivity index (χ1n) is 14.5. The molecule has 0 aliphatic carbocycles. The van der Waals surface area contributed by atoms with Crippen molar-refractivity contribution in [1.29, 1.82) is 0 Å². The van der Waals surface area contributed by atoms with Gasteiger partial charge in [0.1, 0.15) is 0 Å². The van der Waals surface area contributed by atoms with E-state index < -0.39 is 41.2 Å². The van der Waals surface area contributed by atoms with Crippen LogP contribution in [0.2, 0.25) is 98.2 Å². The molecule has 0 atom stereocenters. The Morgan fingerprint density at radius 1 is 0.450 bits per heavy atom. The number of hydrogen-bond donors (Lipinski definition) is 0. The van der Waals surface area contributed by atoms with E-state index in [-0.39, 0.29) is 0 Å². The summed E-state index contributed by atoms with van der Waals surface area (Å²) in [4.78, 5) is 0. The van der Waals surface area contributed by atoms with Crippen LogP contribution in [0.3, 0.4) is 0 Å². The van der Waals surface area contributed by atoms with Crippen molar-refractivity contribution in [2.24, 2.45) is 3.08 Å². The SMILES string of the molecule is C[Si](C)(C)[N]=[Ti+2].C[Si](C)(C)n1[c-](-c2ccccc2)n1[Si](C)(C)C.C[Si](C)(C)n1[c-](-c2ccccc2)n1[Si](C)(C)C. The Kier molecular flexibility index (Phi) is 11.2. The van der Waals surface area contributed by atoms with Crippen LogP contribution >= 0.6 is 0 Å². The smallest absolute Gasteiger partial charge is 0.156 e. The summed E-state index contributed by atoms with van der Waals surface area (Å²) in [6, 6.07) is 21.6. The van der Waals surface area contributed by atoms with Gasteiger partial charge in [0.25, 0.3) is 0 Å². The predicted molar refractivity (Wildman–Crippen MR) is 188 cm³/mol. The monoisotopic (exact) mass is 661 g/mol. The van der Waals surface area contributed by atoms with Crippen LogP contribution in [0.4, 0.5) is 0 Å². The number of aromatic nitrogens is 4. The van der Waals surface area contributed by atoms with Gasteiger partial charge in [-0.3, -0.25) is 0 Å².